The quantitative estimate of drug-likeness (QED) is 0.830. The molecule has 2 rings (SSSR count). The van der Waals surface area contributed by atoms with Gasteiger partial charge in [-0.05, 0) is 24.5 Å². The van der Waals surface area contributed by atoms with Gasteiger partial charge in [0.1, 0.15) is 6.10 Å². The lowest BCUT2D eigenvalue weighted by Crippen LogP contribution is -2.32. The number of hydrogen-bond acceptors (Lipinski definition) is 3. The van der Waals surface area contributed by atoms with Crippen molar-refractivity contribution in [1.29, 1.82) is 0 Å². The first-order valence-electron chi connectivity index (χ1n) is 6.68. The number of nitrogens with zero attached hydrogens (tertiary/aromatic N) is 1. The first-order valence-corrected chi connectivity index (χ1v) is 6.68. The van der Waals surface area contributed by atoms with Gasteiger partial charge in [0.25, 0.3) is 6.43 Å². The fraction of sp³-hybridized carbons (Fsp3) is 0.571. The number of aliphatic hydroxyl groups excluding tert-OH is 1. The van der Waals surface area contributed by atoms with Gasteiger partial charge in [-0.15, -0.1) is 0 Å². The highest BCUT2D eigenvalue weighted by molar-refractivity contribution is 5.54. The van der Waals surface area contributed by atoms with Crippen molar-refractivity contribution in [1.82, 2.24) is 5.32 Å². The van der Waals surface area contributed by atoms with E-state index in [9.17, 15) is 8.78 Å². The normalized spacial score (nSPS) is 17.2. The molecule has 1 aliphatic heterocycles. The van der Waals surface area contributed by atoms with Crippen LogP contribution in [0.15, 0.2) is 24.3 Å². The molecule has 0 amide bonds. The molecule has 5 heteroatoms. The second-order valence-electron chi connectivity index (χ2n) is 4.86. The average molecular weight is 270 g/mol. The smallest absolute Gasteiger partial charge is 0.265 e. The van der Waals surface area contributed by atoms with E-state index in [-0.39, 0.29) is 6.54 Å². The molecule has 1 unspecified atom stereocenters. The molecule has 1 fully saturated rings. The van der Waals surface area contributed by atoms with Crippen LogP contribution in [0.4, 0.5) is 14.5 Å². The number of hydrogen-bond donors (Lipinski definition) is 2. The molecule has 0 aliphatic carbocycles. The zero-order valence-corrected chi connectivity index (χ0v) is 10.9. The van der Waals surface area contributed by atoms with E-state index in [1.165, 1.54) is 18.5 Å². The second-order valence-corrected chi connectivity index (χ2v) is 4.86. The molecule has 2 N–H and O–H groups in total. The summed E-state index contributed by atoms with van der Waals surface area (Å²) in [5.41, 5.74) is 2.25. The standard InChI is InChI=1S/C14H20F2N2O/c15-14(16)13(19)10-17-9-11-5-1-2-6-12(11)18-7-3-4-8-18/h1-2,5-6,13-14,17,19H,3-4,7-10H2. The van der Waals surface area contributed by atoms with Gasteiger partial charge in [0.05, 0.1) is 0 Å². The van der Waals surface area contributed by atoms with Crippen molar-refractivity contribution in [2.24, 2.45) is 0 Å². The van der Waals surface area contributed by atoms with Crippen LogP contribution in [0, 0.1) is 0 Å². The molecule has 3 nitrogen and oxygen atoms in total. The highest BCUT2D eigenvalue weighted by Crippen LogP contribution is 2.24. The van der Waals surface area contributed by atoms with Crippen molar-refractivity contribution in [2.75, 3.05) is 24.5 Å². The molecule has 1 saturated heterocycles. The van der Waals surface area contributed by atoms with Gasteiger partial charge in [0, 0.05) is 31.9 Å². The minimum absolute atomic E-state index is 0.0913. The molecular formula is C14H20F2N2O. The molecule has 0 bridgehead atoms. The number of nitrogens with one attached hydrogen (secondary N) is 1. The van der Waals surface area contributed by atoms with Crippen LogP contribution in [0.3, 0.4) is 0 Å². The minimum atomic E-state index is -2.69. The van der Waals surface area contributed by atoms with Crippen molar-refractivity contribution in [3.05, 3.63) is 29.8 Å². The average Bonchev–Trinajstić information content (AvgIpc) is 2.93. The Balaban J connectivity index is 1.92. The van der Waals surface area contributed by atoms with Crippen LogP contribution in [0.1, 0.15) is 18.4 Å². The van der Waals surface area contributed by atoms with Crippen molar-refractivity contribution >= 4 is 5.69 Å². The molecule has 1 aromatic rings. The Morgan fingerprint density at radius 2 is 1.89 bits per heavy atom. The summed E-state index contributed by atoms with van der Waals surface area (Å²) in [7, 11) is 0. The Morgan fingerprint density at radius 3 is 2.58 bits per heavy atom. The predicted octanol–water partition coefficient (Wildman–Crippen LogP) is 2.00. The van der Waals surface area contributed by atoms with Crippen molar-refractivity contribution in [2.45, 2.75) is 31.9 Å². The first-order chi connectivity index (χ1) is 9.18. The summed E-state index contributed by atoms with van der Waals surface area (Å²) < 4.78 is 24.4. The minimum Gasteiger partial charge on any atom is -0.386 e. The monoisotopic (exact) mass is 270 g/mol. The molecule has 1 aliphatic rings. The summed E-state index contributed by atoms with van der Waals surface area (Å²) in [4.78, 5) is 2.32. The Morgan fingerprint density at radius 1 is 1.21 bits per heavy atom. The number of aliphatic hydroxyl groups is 1. The number of alkyl halides is 2. The van der Waals surface area contributed by atoms with Crippen LogP contribution >= 0.6 is 0 Å². The number of benzene rings is 1. The van der Waals surface area contributed by atoms with Gasteiger partial charge >= 0.3 is 0 Å². The summed E-state index contributed by atoms with van der Waals surface area (Å²) in [5.74, 6) is 0. The number of rotatable bonds is 6. The third-order valence-corrected chi connectivity index (χ3v) is 3.40. The number of halogens is 2. The molecule has 0 radical (unpaired) electrons. The molecular weight excluding hydrogens is 250 g/mol. The SMILES string of the molecule is OC(CNCc1ccccc1N1CCCC1)C(F)F. The Bertz CT molecular complexity index is 395. The summed E-state index contributed by atoms with van der Waals surface area (Å²) in [6.45, 7) is 2.51. The van der Waals surface area contributed by atoms with E-state index in [1.807, 2.05) is 18.2 Å². The van der Waals surface area contributed by atoms with E-state index in [0.717, 1.165) is 18.7 Å². The highest BCUT2D eigenvalue weighted by atomic mass is 19.3. The fourth-order valence-corrected chi connectivity index (χ4v) is 2.37. The predicted molar refractivity (Wildman–Crippen MR) is 71.6 cm³/mol. The lowest BCUT2D eigenvalue weighted by molar-refractivity contribution is -0.00340. The van der Waals surface area contributed by atoms with E-state index >= 15 is 0 Å². The van der Waals surface area contributed by atoms with E-state index in [2.05, 4.69) is 16.3 Å². The van der Waals surface area contributed by atoms with Crippen LogP contribution in [0.2, 0.25) is 0 Å². The fourth-order valence-electron chi connectivity index (χ4n) is 2.37. The van der Waals surface area contributed by atoms with Crippen molar-refractivity contribution in [3.63, 3.8) is 0 Å². The van der Waals surface area contributed by atoms with E-state index in [1.54, 1.807) is 0 Å². The summed E-state index contributed by atoms with van der Waals surface area (Å²) in [5, 5.41) is 12.0. The number of para-hydroxylation sites is 1. The van der Waals surface area contributed by atoms with E-state index in [4.69, 9.17) is 5.11 Å². The largest absolute Gasteiger partial charge is 0.386 e. The van der Waals surface area contributed by atoms with Crippen LogP contribution in [-0.4, -0.2) is 37.3 Å². The molecule has 106 valence electrons. The van der Waals surface area contributed by atoms with Crippen LogP contribution in [0.25, 0.3) is 0 Å². The van der Waals surface area contributed by atoms with Crippen molar-refractivity contribution < 1.29 is 13.9 Å². The number of anilines is 1. The van der Waals surface area contributed by atoms with Gasteiger partial charge in [0.15, 0.2) is 0 Å². The third kappa shape index (κ3) is 3.88. The van der Waals surface area contributed by atoms with Gasteiger partial charge in [-0.1, -0.05) is 18.2 Å². The lowest BCUT2D eigenvalue weighted by atomic mass is 10.1. The molecule has 1 heterocycles. The zero-order chi connectivity index (χ0) is 13.7. The van der Waals surface area contributed by atoms with E-state index < -0.39 is 12.5 Å². The molecule has 19 heavy (non-hydrogen) atoms. The molecule has 0 spiro atoms. The lowest BCUT2D eigenvalue weighted by Gasteiger charge is -2.21. The Labute approximate surface area is 112 Å². The molecule has 1 aromatic carbocycles. The van der Waals surface area contributed by atoms with Crippen LogP contribution in [0.5, 0.6) is 0 Å². The van der Waals surface area contributed by atoms with Crippen molar-refractivity contribution in [3.8, 4) is 0 Å². The summed E-state index contributed by atoms with van der Waals surface area (Å²) >= 11 is 0. The third-order valence-electron chi connectivity index (χ3n) is 3.40. The first kappa shape index (κ1) is 14.2. The van der Waals surface area contributed by atoms with Gasteiger partial charge in [-0.25, -0.2) is 8.78 Å². The van der Waals surface area contributed by atoms with Gasteiger partial charge < -0.3 is 15.3 Å². The topological polar surface area (TPSA) is 35.5 Å². The maximum absolute atomic E-state index is 12.2. The molecule has 0 aromatic heterocycles. The second kappa shape index (κ2) is 6.82. The molecule has 1 atom stereocenters. The van der Waals surface area contributed by atoms with Crippen LogP contribution < -0.4 is 10.2 Å². The Kier molecular flexibility index (Phi) is 5.10. The zero-order valence-electron chi connectivity index (χ0n) is 10.9. The van der Waals surface area contributed by atoms with E-state index in [0.29, 0.717) is 6.54 Å². The van der Waals surface area contributed by atoms with Gasteiger partial charge in [-0.3, -0.25) is 0 Å². The molecule has 0 saturated carbocycles. The van der Waals surface area contributed by atoms with Crippen LogP contribution in [-0.2, 0) is 6.54 Å². The maximum Gasteiger partial charge on any atom is 0.265 e. The maximum atomic E-state index is 12.2. The highest BCUT2D eigenvalue weighted by Gasteiger charge is 2.17. The van der Waals surface area contributed by atoms with Gasteiger partial charge in [-0.2, -0.15) is 0 Å². The Hall–Kier alpha value is -1.20. The van der Waals surface area contributed by atoms with Gasteiger partial charge in [0.2, 0.25) is 0 Å². The summed E-state index contributed by atoms with van der Waals surface area (Å²) in [6.07, 6.45) is -1.89. The summed E-state index contributed by atoms with van der Waals surface area (Å²) in [6, 6.07) is 7.99.